The molecule has 0 amide bonds. The zero-order valence-corrected chi connectivity index (χ0v) is 25.4. The maximum atomic E-state index is 2.41. The highest BCUT2D eigenvalue weighted by atomic mass is 15.0. The van der Waals surface area contributed by atoms with Gasteiger partial charge < -0.3 is 4.57 Å². The molecule has 8 aromatic carbocycles. The normalized spacial score (nSPS) is 11.6. The van der Waals surface area contributed by atoms with Crippen LogP contribution in [0.3, 0.4) is 0 Å². The van der Waals surface area contributed by atoms with E-state index in [9.17, 15) is 0 Å². The third kappa shape index (κ3) is 4.57. The number of rotatable bonds is 5. The van der Waals surface area contributed by atoms with Gasteiger partial charge >= 0.3 is 0 Å². The lowest BCUT2D eigenvalue weighted by Gasteiger charge is -2.10. The van der Waals surface area contributed by atoms with Crippen LogP contribution in [0.25, 0.3) is 71.3 Å². The molecule has 0 unspecified atom stereocenters. The minimum atomic E-state index is 0.909. The van der Waals surface area contributed by atoms with Crippen LogP contribution in [-0.4, -0.2) is 4.57 Å². The Morgan fingerprint density at radius 3 is 1.65 bits per heavy atom. The quantitative estimate of drug-likeness (QED) is 0.189. The van der Waals surface area contributed by atoms with Crippen molar-refractivity contribution in [2.45, 2.75) is 6.42 Å². The summed E-state index contributed by atoms with van der Waals surface area (Å²) >= 11 is 0. The predicted octanol–water partition coefficient (Wildman–Crippen LogP) is 12.0. The average molecular weight is 586 g/mol. The second-order valence-corrected chi connectivity index (χ2v) is 12.2. The second kappa shape index (κ2) is 10.9. The Morgan fingerprint density at radius 2 is 0.913 bits per heavy atom. The SMILES string of the molecule is c1ccc(-n2c3cc(-c4ccc(Cc5ccc(-c6ccc7ccccc7c6)cc5)cc4)ccc3c3c4ccccc4ccc32)cc1. The van der Waals surface area contributed by atoms with Gasteiger partial charge in [-0.25, -0.2) is 0 Å². The summed E-state index contributed by atoms with van der Waals surface area (Å²) in [7, 11) is 0. The van der Waals surface area contributed by atoms with Gasteiger partial charge in [-0.15, -0.1) is 0 Å². The van der Waals surface area contributed by atoms with Crippen LogP contribution in [0.5, 0.6) is 0 Å². The highest BCUT2D eigenvalue weighted by Gasteiger charge is 2.15. The van der Waals surface area contributed by atoms with Crippen molar-refractivity contribution in [1.29, 1.82) is 0 Å². The molecule has 0 N–H and O–H groups in total. The summed E-state index contributed by atoms with van der Waals surface area (Å²) in [5.74, 6) is 0. The molecule has 0 aliphatic carbocycles. The number of para-hydroxylation sites is 1. The first-order chi connectivity index (χ1) is 22.8. The molecule has 9 rings (SSSR count). The molecule has 46 heavy (non-hydrogen) atoms. The maximum absolute atomic E-state index is 2.41. The highest BCUT2D eigenvalue weighted by Crippen LogP contribution is 2.38. The number of hydrogen-bond acceptors (Lipinski definition) is 0. The van der Waals surface area contributed by atoms with E-state index in [2.05, 4.69) is 180 Å². The number of nitrogens with zero attached hydrogens (tertiary/aromatic N) is 1. The van der Waals surface area contributed by atoms with Crippen LogP contribution in [0.1, 0.15) is 11.1 Å². The zero-order valence-electron chi connectivity index (χ0n) is 25.4. The van der Waals surface area contributed by atoms with E-state index in [1.165, 1.54) is 82.4 Å². The first-order valence-electron chi connectivity index (χ1n) is 16.0. The lowest BCUT2D eigenvalue weighted by atomic mass is 9.97. The summed E-state index contributed by atoms with van der Waals surface area (Å²) in [4.78, 5) is 0. The number of hydrogen-bond donors (Lipinski definition) is 0. The zero-order chi connectivity index (χ0) is 30.5. The summed E-state index contributed by atoms with van der Waals surface area (Å²) in [6.07, 6.45) is 0.909. The molecule has 0 atom stereocenters. The van der Waals surface area contributed by atoms with E-state index in [-0.39, 0.29) is 0 Å². The van der Waals surface area contributed by atoms with Crippen LogP contribution in [0.15, 0.2) is 176 Å². The Kier molecular flexibility index (Phi) is 6.28. The summed E-state index contributed by atoms with van der Waals surface area (Å²) in [5, 5.41) is 7.71. The molecule has 1 heteroatoms. The fourth-order valence-electron chi connectivity index (χ4n) is 7.06. The van der Waals surface area contributed by atoms with E-state index in [1.807, 2.05) is 0 Å². The van der Waals surface area contributed by atoms with Gasteiger partial charge in [0, 0.05) is 16.5 Å². The van der Waals surface area contributed by atoms with Gasteiger partial charge in [-0.05, 0) is 91.7 Å². The van der Waals surface area contributed by atoms with Crippen LogP contribution in [0.4, 0.5) is 0 Å². The Balaban J connectivity index is 1.04. The fraction of sp³-hybridized carbons (Fsp3) is 0.0222. The minimum Gasteiger partial charge on any atom is -0.309 e. The molecule has 9 aromatic rings. The Morgan fingerprint density at radius 1 is 0.348 bits per heavy atom. The topological polar surface area (TPSA) is 4.93 Å². The van der Waals surface area contributed by atoms with Crippen LogP contribution in [0, 0.1) is 0 Å². The third-order valence-electron chi connectivity index (χ3n) is 9.40. The molecule has 1 aromatic heterocycles. The van der Waals surface area contributed by atoms with E-state index in [1.54, 1.807) is 0 Å². The van der Waals surface area contributed by atoms with Crippen molar-refractivity contribution in [3.63, 3.8) is 0 Å². The van der Waals surface area contributed by atoms with Crippen molar-refractivity contribution >= 4 is 43.4 Å². The Bertz CT molecular complexity index is 2520. The average Bonchev–Trinajstić information content (AvgIpc) is 3.46. The monoisotopic (exact) mass is 585 g/mol. The van der Waals surface area contributed by atoms with Crippen molar-refractivity contribution in [3.8, 4) is 27.9 Å². The van der Waals surface area contributed by atoms with E-state index < -0.39 is 0 Å². The van der Waals surface area contributed by atoms with Gasteiger partial charge in [-0.1, -0.05) is 146 Å². The lowest BCUT2D eigenvalue weighted by Crippen LogP contribution is -1.93. The molecule has 1 heterocycles. The van der Waals surface area contributed by atoms with Gasteiger partial charge in [0.05, 0.1) is 11.0 Å². The Labute approximate surface area is 268 Å². The molecule has 0 bridgehead atoms. The third-order valence-corrected chi connectivity index (χ3v) is 9.40. The molecule has 0 fully saturated rings. The van der Waals surface area contributed by atoms with E-state index in [0.717, 1.165) is 6.42 Å². The second-order valence-electron chi connectivity index (χ2n) is 12.2. The highest BCUT2D eigenvalue weighted by molar-refractivity contribution is 6.21. The van der Waals surface area contributed by atoms with E-state index in [4.69, 9.17) is 0 Å². The van der Waals surface area contributed by atoms with Crippen LogP contribution in [-0.2, 0) is 6.42 Å². The van der Waals surface area contributed by atoms with Gasteiger partial charge in [0.2, 0.25) is 0 Å². The molecule has 0 aliphatic rings. The van der Waals surface area contributed by atoms with Crippen molar-refractivity contribution in [3.05, 3.63) is 187 Å². The van der Waals surface area contributed by atoms with Crippen molar-refractivity contribution in [2.75, 3.05) is 0 Å². The summed E-state index contributed by atoms with van der Waals surface area (Å²) in [6, 6.07) is 64.2. The molecule has 0 radical (unpaired) electrons. The summed E-state index contributed by atoms with van der Waals surface area (Å²) < 4.78 is 2.41. The number of benzene rings is 8. The number of fused-ring (bicyclic) bond motifs is 6. The summed E-state index contributed by atoms with van der Waals surface area (Å²) in [5.41, 5.74) is 11.2. The predicted molar refractivity (Wildman–Crippen MR) is 196 cm³/mol. The van der Waals surface area contributed by atoms with Crippen molar-refractivity contribution in [1.82, 2.24) is 4.57 Å². The number of aromatic nitrogens is 1. The molecule has 0 spiro atoms. The largest absolute Gasteiger partial charge is 0.309 e. The van der Waals surface area contributed by atoms with Gasteiger partial charge in [0.1, 0.15) is 0 Å². The molecular formula is C45H31N. The van der Waals surface area contributed by atoms with Crippen LogP contribution < -0.4 is 0 Å². The standard InChI is InChI=1S/C45H31N/c1-2-11-40(12-3-1)46-43-27-25-36-9-6-7-13-41(36)45(43)42-26-24-39(30-44(42)46)35-20-16-32(17-21-35)28-31-14-18-34(19-15-31)38-23-22-33-8-4-5-10-37(33)29-38/h1-27,29-30H,28H2. The Hall–Kier alpha value is -5.92. The maximum Gasteiger partial charge on any atom is 0.0547 e. The van der Waals surface area contributed by atoms with Crippen LogP contribution >= 0.6 is 0 Å². The molecule has 0 aliphatic heterocycles. The smallest absolute Gasteiger partial charge is 0.0547 e. The first kappa shape index (κ1) is 26.5. The van der Waals surface area contributed by atoms with E-state index >= 15 is 0 Å². The fourth-order valence-corrected chi connectivity index (χ4v) is 7.06. The molecule has 1 nitrogen and oxygen atoms in total. The van der Waals surface area contributed by atoms with Crippen molar-refractivity contribution < 1.29 is 0 Å². The minimum absolute atomic E-state index is 0.909. The first-order valence-corrected chi connectivity index (χ1v) is 16.0. The molecular weight excluding hydrogens is 555 g/mol. The summed E-state index contributed by atoms with van der Waals surface area (Å²) in [6.45, 7) is 0. The molecule has 0 saturated heterocycles. The van der Waals surface area contributed by atoms with Gasteiger partial charge in [-0.2, -0.15) is 0 Å². The van der Waals surface area contributed by atoms with Gasteiger partial charge in [0.25, 0.3) is 0 Å². The van der Waals surface area contributed by atoms with Crippen molar-refractivity contribution in [2.24, 2.45) is 0 Å². The van der Waals surface area contributed by atoms with Gasteiger partial charge in [0.15, 0.2) is 0 Å². The lowest BCUT2D eigenvalue weighted by molar-refractivity contribution is 1.18. The van der Waals surface area contributed by atoms with Gasteiger partial charge in [-0.3, -0.25) is 0 Å². The van der Waals surface area contributed by atoms with Crippen LogP contribution in [0.2, 0.25) is 0 Å². The molecule has 0 saturated carbocycles. The van der Waals surface area contributed by atoms with E-state index in [0.29, 0.717) is 0 Å². The molecule has 216 valence electrons.